The Balaban J connectivity index is 1.37. The van der Waals surface area contributed by atoms with Crippen LogP contribution in [0.25, 0.3) is 6.08 Å². The van der Waals surface area contributed by atoms with E-state index < -0.39 is 5.97 Å². The van der Waals surface area contributed by atoms with Crippen molar-refractivity contribution in [1.82, 2.24) is 4.90 Å². The number of benzene rings is 2. The number of rotatable bonds is 7. The SMILES string of the molecule is O=C(O)c1ccc(COc2ccccc2C=C2SC(=NC3CCCCC3)N(C3CCCCC3)C2=O)cc1. The third-order valence-corrected chi connectivity index (χ3v) is 8.44. The number of ether oxygens (including phenoxy) is 1. The zero-order valence-corrected chi connectivity index (χ0v) is 21.9. The summed E-state index contributed by atoms with van der Waals surface area (Å²) < 4.78 is 6.10. The molecule has 1 aliphatic heterocycles. The second-order valence-corrected chi connectivity index (χ2v) is 11.1. The van der Waals surface area contributed by atoms with Crippen molar-refractivity contribution < 1.29 is 19.4 Å². The number of amidine groups is 1. The highest BCUT2D eigenvalue weighted by Gasteiger charge is 2.39. The van der Waals surface area contributed by atoms with Crippen molar-refractivity contribution in [2.24, 2.45) is 4.99 Å². The topological polar surface area (TPSA) is 79.2 Å². The lowest BCUT2D eigenvalue weighted by Crippen LogP contribution is -2.41. The molecule has 1 N–H and O–H groups in total. The zero-order chi connectivity index (χ0) is 25.6. The summed E-state index contributed by atoms with van der Waals surface area (Å²) in [7, 11) is 0. The molecule has 1 heterocycles. The molecular weight excluding hydrogens is 484 g/mol. The molecule has 3 aliphatic rings. The van der Waals surface area contributed by atoms with Gasteiger partial charge < -0.3 is 9.84 Å². The summed E-state index contributed by atoms with van der Waals surface area (Å²) in [6.45, 7) is 0.309. The van der Waals surface area contributed by atoms with Crippen LogP contribution in [0, 0.1) is 0 Å². The molecule has 0 aromatic heterocycles. The Kier molecular flexibility index (Phi) is 8.29. The summed E-state index contributed by atoms with van der Waals surface area (Å²) in [6, 6.07) is 15.0. The summed E-state index contributed by atoms with van der Waals surface area (Å²) in [5.74, 6) is -0.199. The average molecular weight is 519 g/mol. The van der Waals surface area contributed by atoms with Gasteiger partial charge in [-0.05, 0) is 67.3 Å². The summed E-state index contributed by atoms with van der Waals surface area (Å²) in [6.07, 6.45) is 13.5. The van der Waals surface area contributed by atoms with Crippen LogP contribution in [0.5, 0.6) is 5.75 Å². The first-order valence-electron chi connectivity index (χ1n) is 13.4. The number of thioether (sulfide) groups is 1. The van der Waals surface area contributed by atoms with Gasteiger partial charge in [0, 0.05) is 11.6 Å². The van der Waals surface area contributed by atoms with Crippen LogP contribution >= 0.6 is 11.8 Å². The zero-order valence-electron chi connectivity index (χ0n) is 21.1. The Bertz CT molecular complexity index is 1180. The quantitative estimate of drug-likeness (QED) is 0.403. The molecule has 2 aromatic rings. The van der Waals surface area contributed by atoms with Crippen LogP contribution in [-0.4, -0.2) is 39.1 Å². The molecule has 194 valence electrons. The Hall–Kier alpha value is -3.06. The van der Waals surface area contributed by atoms with Gasteiger partial charge in [-0.2, -0.15) is 0 Å². The maximum absolute atomic E-state index is 13.7. The Morgan fingerprint density at radius 3 is 2.35 bits per heavy atom. The van der Waals surface area contributed by atoms with Gasteiger partial charge in [-0.25, -0.2) is 4.79 Å². The molecule has 2 aliphatic carbocycles. The molecule has 2 saturated carbocycles. The Morgan fingerprint density at radius 1 is 0.973 bits per heavy atom. The van der Waals surface area contributed by atoms with Gasteiger partial charge in [0.1, 0.15) is 12.4 Å². The molecule has 1 amide bonds. The van der Waals surface area contributed by atoms with Gasteiger partial charge in [0.05, 0.1) is 16.5 Å². The first kappa shape index (κ1) is 25.6. The van der Waals surface area contributed by atoms with Gasteiger partial charge in [0.15, 0.2) is 5.17 Å². The highest BCUT2D eigenvalue weighted by molar-refractivity contribution is 8.18. The van der Waals surface area contributed by atoms with E-state index in [9.17, 15) is 9.59 Å². The van der Waals surface area contributed by atoms with Gasteiger partial charge in [-0.1, -0.05) is 68.9 Å². The van der Waals surface area contributed by atoms with Gasteiger partial charge in [-0.3, -0.25) is 14.7 Å². The van der Waals surface area contributed by atoms with Crippen LogP contribution in [-0.2, 0) is 11.4 Å². The van der Waals surface area contributed by atoms with Crippen molar-refractivity contribution in [3.8, 4) is 5.75 Å². The van der Waals surface area contributed by atoms with Crippen LogP contribution in [0.2, 0.25) is 0 Å². The minimum atomic E-state index is -0.947. The van der Waals surface area contributed by atoms with Crippen LogP contribution < -0.4 is 4.74 Å². The molecule has 7 heteroatoms. The highest BCUT2D eigenvalue weighted by Crippen LogP contribution is 2.39. The third kappa shape index (κ3) is 6.27. The first-order valence-corrected chi connectivity index (χ1v) is 14.2. The molecule has 3 fully saturated rings. The largest absolute Gasteiger partial charge is 0.488 e. The number of amides is 1. The molecule has 0 unspecified atom stereocenters. The van der Waals surface area contributed by atoms with Gasteiger partial charge in [0.2, 0.25) is 0 Å². The average Bonchev–Trinajstić information content (AvgIpc) is 3.23. The van der Waals surface area contributed by atoms with Gasteiger partial charge in [-0.15, -0.1) is 0 Å². The Labute approximate surface area is 222 Å². The molecule has 0 bridgehead atoms. The second-order valence-electron chi connectivity index (χ2n) is 10.1. The Morgan fingerprint density at radius 2 is 1.65 bits per heavy atom. The van der Waals surface area contributed by atoms with Crippen LogP contribution in [0.1, 0.15) is 85.7 Å². The molecular formula is C30H34N2O4S. The molecule has 0 radical (unpaired) electrons. The minimum absolute atomic E-state index is 0.0607. The van der Waals surface area contributed by atoms with E-state index in [1.54, 1.807) is 24.3 Å². The second kappa shape index (κ2) is 12.0. The van der Waals surface area contributed by atoms with Crippen molar-refractivity contribution in [2.45, 2.75) is 82.9 Å². The number of nitrogens with zero attached hydrogens (tertiary/aromatic N) is 2. The number of hydrogen-bond donors (Lipinski definition) is 1. The maximum atomic E-state index is 13.7. The number of hydrogen-bond acceptors (Lipinski definition) is 5. The minimum Gasteiger partial charge on any atom is -0.488 e. The van der Waals surface area contributed by atoms with Gasteiger partial charge >= 0.3 is 5.97 Å². The van der Waals surface area contributed by atoms with Crippen LogP contribution in [0.15, 0.2) is 58.4 Å². The monoisotopic (exact) mass is 518 g/mol. The van der Waals surface area contributed by atoms with E-state index in [4.69, 9.17) is 14.8 Å². The number of carbonyl (C=O) groups excluding carboxylic acids is 1. The van der Waals surface area contributed by atoms with Gasteiger partial charge in [0.25, 0.3) is 5.91 Å². The van der Waals surface area contributed by atoms with Crippen LogP contribution in [0.3, 0.4) is 0 Å². The number of aromatic carboxylic acids is 1. The number of carboxylic acid groups (broad SMARTS) is 1. The maximum Gasteiger partial charge on any atom is 0.335 e. The van der Waals surface area contributed by atoms with Crippen molar-refractivity contribution in [3.05, 3.63) is 70.1 Å². The smallest absolute Gasteiger partial charge is 0.335 e. The van der Waals surface area contributed by atoms with Crippen molar-refractivity contribution in [1.29, 1.82) is 0 Å². The molecule has 5 rings (SSSR count). The number of para-hydroxylation sites is 1. The molecule has 2 aromatic carbocycles. The van der Waals surface area contributed by atoms with Crippen molar-refractivity contribution in [2.75, 3.05) is 0 Å². The summed E-state index contributed by atoms with van der Waals surface area (Å²) >= 11 is 1.51. The van der Waals surface area contributed by atoms with Crippen molar-refractivity contribution >= 4 is 34.9 Å². The molecule has 0 spiro atoms. The van der Waals surface area contributed by atoms with E-state index in [0.29, 0.717) is 23.3 Å². The van der Waals surface area contributed by atoms with E-state index in [0.717, 1.165) is 42.0 Å². The standard InChI is InChI=1S/C30H34N2O4S/c33-28-27(37-30(31-24-10-3-1-4-11-24)32(28)25-12-5-2-6-13-25)19-23-9-7-8-14-26(23)36-20-21-15-17-22(18-16-21)29(34)35/h7-9,14-19,24-25H,1-6,10-13,20H2,(H,34,35). The normalized spacial score (nSPS) is 21.6. The lowest BCUT2D eigenvalue weighted by Gasteiger charge is -2.31. The fourth-order valence-corrected chi connectivity index (χ4v) is 6.48. The number of carbonyl (C=O) groups is 2. The molecule has 0 atom stereocenters. The van der Waals surface area contributed by atoms with E-state index >= 15 is 0 Å². The summed E-state index contributed by atoms with van der Waals surface area (Å²) in [5, 5.41) is 9.99. The predicted octanol–water partition coefficient (Wildman–Crippen LogP) is 6.90. The molecule has 37 heavy (non-hydrogen) atoms. The number of aliphatic imine (C=N–C) groups is 1. The number of carboxylic acids is 1. The molecule has 1 saturated heterocycles. The van der Waals surface area contributed by atoms with E-state index in [-0.39, 0.29) is 17.5 Å². The first-order chi connectivity index (χ1) is 18.1. The molecule has 6 nitrogen and oxygen atoms in total. The fraction of sp³-hybridized carbons (Fsp3) is 0.433. The van der Waals surface area contributed by atoms with E-state index in [1.165, 1.54) is 50.3 Å². The highest BCUT2D eigenvalue weighted by atomic mass is 32.2. The fourth-order valence-electron chi connectivity index (χ4n) is 5.38. The third-order valence-electron chi connectivity index (χ3n) is 7.45. The van der Waals surface area contributed by atoms with Crippen molar-refractivity contribution in [3.63, 3.8) is 0 Å². The van der Waals surface area contributed by atoms with Crippen LogP contribution in [0.4, 0.5) is 0 Å². The summed E-state index contributed by atoms with van der Waals surface area (Å²) in [5.41, 5.74) is 1.98. The summed E-state index contributed by atoms with van der Waals surface area (Å²) in [4.78, 5) is 32.6. The lowest BCUT2D eigenvalue weighted by atomic mass is 9.94. The lowest BCUT2D eigenvalue weighted by molar-refractivity contribution is -0.124. The van der Waals surface area contributed by atoms with E-state index in [1.807, 2.05) is 35.2 Å². The predicted molar refractivity (Wildman–Crippen MR) is 148 cm³/mol. The van der Waals surface area contributed by atoms with E-state index in [2.05, 4.69) is 0 Å².